The summed E-state index contributed by atoms with van der Waals surface area (Å²) in [5, 5.41) is 19.8. The van der Waals surface area contributed by atoms with Crippen molar-refractivity contribution in [2.75, 3.05) is 33.0 Å². The first-order valence-electron chi connectivity index (χ1n) is 9.68. The molecule has 2 N–H and O–H groups in total. The molecule has 1 aromatic carbocycles. The van der Waals surface area contributed by atoms with Gasteiger partial charge in [-0.25, -0.2) is 0 Å². The Kier molecular flexibility index (Phi) is 7.16. The minimum atomic E-state index is -0.789. The quantitative estimate of drug-likeness (QED) is 0.280. The Hall–Kier alpha value is -3.23. The van der Waals surface area contributed by atoms with Crippen LogP contribution in [0.25, 0.3) is 5.76 Å². The van der Waals surface area contributed by atoms with Crippen molar-refractivity contribution in [1.82, 2.24) is 9.88 Å². The molecule has 158 valence electrons. The molecule has 1 fully saturated rings. The molecule has 2 heterocycles. The lowest BCUT2D eigenvalue weighted by Gasteiger charge is -2.25. The summed E-state index contributed by atoms with van der Waals surface area (Å²) in [5.41, 5.74) is 1.01. The predicted octanol–water partition coefficient (Wildman–Crippen LogP) is 1.91. The number of pyridine rings is 1. The number of aromatic nitrogens is 1. The molecule has 0 saturated carbocycles. The van der Waals surface area contributed by atoms with Gasteiger partial charge in [-0.3, -0.25) is 14.6 Å². The second-order valence-corrected chi connectivity index (χ2v) is 6.57. The fourth-order valence-electron chi connectivity index (χ4n) is 3.36. The standard InChI is InChI=1S/C22H24N2O6/c1-2-30-17-7-5-15(6-8-17)20(26)18-19(16-4-3-9-23-14-16)24(22(28)21(18)27)10-12-29-13-11-25/h3-9,14,19,25-26H,2,10-13H2,1H3/b20-18+/t19-/m0/s1. The van der Waals surface area contributed by atoms with Gasteiger partial charge in [-0.05, 0) is 42.8 Å². The first-order valence-corrected chi connectivity index (χ1v) is 9.68. The first-order chi connectivity index (χ1) is 14.6. The molecule has 1 atom stereocenters. The van der Waals surface area contributed by atoms with Crippen LogP contribution >= 0.6 is 0 Å². The summed E-state index contributed by atoms with van der Waals surface area (Å²) < 4.78 is 10.7. The van der Waals surface area contributed by atoms with Crippen LogP contribution in [-0.4, -0.2) is 64.8 Å². The van der Waals surface area contributed by atoms with Crippen LogP contribution < -0.4 is 4.74 Å². The molecule has 0 bridgehead atoms. The number of aliphatic hydroxyl groups excluding tert-OH is 2. The Morgan fingerprint density at radius 3 is 2.57 bits per heavy atom. The zero-order valence-corrected chi connectivity index (χ0v) is 16.7. The third-order valence-corrected chi connectivity index (χ3v) is 4.69. The van der Waals surface area contributed by atoms with Crippen LogP contribution in [0.1, 0.15) is 24.1 Å². The number of aliphatic hydroxyl groups is 2. The van der Waals surface area contributed by atoms with Gasteiger partial charge in [0.1, 0.15) is 11.5 Å². The van der Waals surface area contributed by atoms with Crippen LogP contribution in [0.5, 0.6) is 5.75 Å². The summed E-state index contributed by atoms with van der Waals surface area (Å²) in [6.45, 7) is 2.65. The number of Topliss-reactive ketones (excluding diaryl/α,β-unsaturated/α-hetero) is 1. The molecule has 0 aliphatic carbocycles. The average Bonchev–Trinajstić information content (AvgIpc) is 3.02. The molecule has 1 aliphatic heterocycles. The van der Waals surface area contributed by atoms with Crippen molar-refractivity contribution in [2.24, 2.45) is 0 Å². The van der Waals surface area contributed by atoms with Gasteiger partial charge in [0, 0.05) is 24.5 Å². The number of ketones is 1. The monoisotopic (exact) mass is 412 g/mol. The highest BCUT2D eigenvalue weighted by atomic mass is 16.5. The van der Waals surface area contributed by atoms with Crippen molar-refractivity contribution in [3.05, 3.63) is 65.5 Å². The van der Waals surface area contributed by atoms with E-state index in [1.807, 2.05) is 6.92 Å². The molecule has 0 spiro atoms. The van der Waals surface area contributed by atoms with Gasteiger partial charge in [0.05, 0.1) is 38.0 Å². The fraction of sp³-hybridized carbons (Fsp3) is 0.318. The molecule has 0 unspecified atom stereocenters. The van der Waals surface area contributed by atoms with Crippen LogP contribution in [0.15, 0.2) is 54.4 Å². The van der Waals surface area contributed by atoms with Crippen LogP contribution in [0, 0.1) is 0 Å². The summed E-state index contributed by atoms with van der Waals surface area (Å²) >= 11 is 0. The van der Waals surface area contributed by atoms with Crippen molar-refractivity contribution < 1.29 is 29.3 Å². The van der Waals surface area contributed by atoms with E-state index in [1.165, 1.54) is 4.90 Å². The summed E-state index contributed by atoms with van der Waals surface area (Å²) in [6.07, 6.45) is 3.15. The van der Waals surface area contributed by atoms with Crippen molar-refractivity contribution in [3.8, 4) is 5.75 Å². The maximum atomic E-state index is 12.8. The van der Waals surface area contributed by atoms with E-state index in [9.17, 15) is 14.7 Å². The largest absolute Gasteiger partial charge is 0.507 e. The van der Waals surface area contributed by atoms with Gasteiger partial charge in [-0.2, -0.15) is 0 Å². The van der Waals surface area contributed by atoms with Gasteiger partial charge in [0.25, 0.3) is 11.7 Å². The smallest absolute Gasteiger partial charge is 0.295 e. The molecule has 2 aromatic rings. The van der Waals surface area contributed by atoms with Crippen LogP contribution in [0.4, 0.5) is 0 Å². The number of likely N-dealkylation sites (tertiary alicyclic amines) is 1. The lowest BCUT2D eigenvalue weighted by atomic mass is 9.96. The minimum absolute atomic E-state index is 0.000631. The average molecular weight is 412 g/mol. The molecule has 30 heavy (non-hydrogen) atoms. The Morgan fingerprint density at radius 1 is 1.17 bits per heavy atom. The Balaban J connectivity index is 2.00. The summed E-state index contributed by atoms with van der Waals surface area (Å²) in [5.74, 6) is -1.11. The maximum absolute atomic E-state index is 12.8. The van der Waals surface area contributed by atoms with E-state index in [0.717, 1.165) is 0 Å². The Labute approximate surface area is 174 Å². The number of nitrogens with zero attached hydrogens (tertiary/aromatic N) is 2. The molecule has 1 amide bonds. The van der Waals surface area contributed by atoms with E-state index in [-0.39, 0.29) is 37.7 Å². The Morgan fingerprint density at radius 2 is 1.93 bits per heavy atom. The van der Waals surface area contributed by atoms with E-state index >= 15 is 0 Å². The molecule has 1 aromatic heterocycles. The lowest BCUT2D eigenvalue weighted by molar-refractivity contribution is -0.140. The summed E-state index contributed by atoms with van der Waals surface area (Å²) in [6, 6.07) is 9.32. The van der Waals surface area contributed by atoms with Gasteiger partial charge < -0.3 is 24.6 Å². The zero-order chi connectivity index (χ0) is 21.5. The first kappa shape index (κ1) is 21.5. The number of carbonyl (C=O) groups is 2. The van der Waals surface area contributed by atoms with Crippen molar-refractivity contribution in [1.29, 1.82) is 0 Å². The summed E-state index contributed by atoms with van der Waals surface area (Å²) in [7, 11) is 0. The third kappa shape index (κ3) is 4.50. The molecular weight excluding hydrogens is 388 g/mol. The zero-order valence-electron chi connectivity index (χ0n) is 16.7. The van der Waals surface area contributed by atoms with Gasteiger partial charge in [0.2, 0.25) is 0 Å². The van der Waals surface area contributed by atoms with Gasteiger partial charge >= 0.3 is 0 Å². The molecule has 8 heteroatoms. The van der Waals surface area contributed by atoms with E-state index < -0.39 is 17.7 Å². The minimum Gasteiger partial charge on any atom is -0.507 e. The molecule has 1 saturated heterocycles. The second kappa shape index (κ2) is 10.00. The molecule has 0 radical (unpaired) electrons. The number of carbonyl (C=O) groups excluding carboxylic acids is 2. The number of rotatable bonds is 9. The number of amides is 1. The second-order valence-electron chi connectivity index (χ2n) is 6.57. The normalized spacial score (nSPS) is 18.1. The lowest BCUT2D eigenvalue weighted by Crippen LogP contribution is -2.33. The van der Waals surface area contributed by atoms with Gasteiger partial charge in [0.15, 0.2) is 0 Å². The van der Waals surface area contributed by atoms with Crippen molar-refractivity contribution in [3.63, 3.8) is 0 Å². The van der Waals surface area contributed by atoms with E-state index in [0.29, 0.717) is 23.5 Å². The highest BCUT2D eigenvalue weighted by Gasteiger charge is 2.45. The van der Waals surface area contributed by atoms with Gasteiger partial charge in [-0.1, -0.05) is 6.07 Å². The third-order valence-electron chi connectivity index (χ3n) is 4.69. The number of hydrogen-bond acceptors (Lipinski definition) is 7. The van der Waals surface area contributed by atoms with E-state index in [1.54, 1.807) is 48.8 Å². The molecule has 8 nitrogen and oxygen atoms in total. The molecule has 3 rings (SSSR count). The van der Waals surface area contributed by atoms with Gasteiger partial charge in [-0.15, -0.1) is 0 Å². The highest BCUT2D eigenvalue weighted by Crippen LogP contribution is 2.39. The highest BCUT2D eigenvalue weighted by molar-refractivity contribution is 6.46. The number of benzene rings is 1. The van der Waals surface area contributed by atoms with Crippen LogP contribution in [0.3, 0.4) is 0 Å². The van der Waals surface area contributed by atoms with Crippen molar-refractivity contribution >= 4 is 17.4 Å². The van der Waals surface area contributed by atoms with E-state index in [2.05, 4.69) is 4.98 Å². The Bertz CT molecular complexity index is 911. The number of ether oxygens (including phenoxy) is 2. The van der Waals surface area contributed by atoms with E-state index in [4.69, 9.17) is 14.6 Å². The molecule has 1 aliphatic rings. The van der Waals surface area contributed by atoms with Crippen LogP contribution in [-0.2, 0) is 14.3 Å². The summed E-state index contributed by atoms with van der Waals surface area (Å²) in [4.78, 5) is 31.0. The molecular formula is C22H24N2O6. The topological polar surface area (TPSA) is 109 Å². The van der Waals surface area contributed by atoms with Crippen LogP contribution in [0.2, 0.25) is 0 Å². The fourth-order valence-corrected chi connectivity index (χ4v) is 3.36. The number of hydrogen-bond donors (Lipinski definition) is 2. The maximum Gasteiger partial charge on any atom is 0.295 e. The van der Waals surface area contributed by atoms with Crippen molar-refractivity contribution in [2.45, 2.75) is 13.0 Å². The SMILES string of the molecule is CCOc1ccc(/C(O)=C2\C(=O)C(=O)N(CCOCCO)[C@H]2c2cccnc2)cc1. The predicted molar refractivity (Wildman–Crippen MR) is 109 cm³/mol.